The van der Waals surface area contributed by atoms with E-state index >= 15 is 0 Å². The van der Waals surface area contributed by atoms with Gasteiger partial charge in [0.05, 0.1) is 4.92 Å². The molecule has 4 rings (SSSR count). The first kappa shape index (κ1) is 19.9. The molecule has 0 bridgehead atoms. The van der Waals surface area contributed by atoms with Crippen LogP contribution in [-0.2, 0) is 0 Å². The minimum absolute atomic E-state index is 0.0652. The highest BCUT2D eigenvalue weighted by atomic mass is 79.9. The zero-order valence-corrected chi connectivity index (χ0v) is 17.8. The number of hydrogen-bond donors (Lipinski definition) is 1. The standard InChI is InChI=1S/C25H18BrNO3/c1-16-2-4-19(5-3-16)24-22(17-6-10-20(11-7-17)27(29)30)14-15-23(25(24)26)18-8-12-21(28)13-9-18/h2-15,28H,1H3. The van der Waals surface area contributed by atoms with Crippen molar-refractivity contribution in [3.8, 4) is 39.1 Å². The number of rotatable bonds is 4. The van der Waals surface area contributed by atoms with Gasteiger partial charge < -0.3 is 5.11 Å². The summed E-state index contributed by atoms with van der Waals surface area (Å²) in [5.41, 5.74) is 7.13. The van der Waals surface area contributed by atoms with Crippen molar-refractivity contribution in [1.82, 2.24) is 0 Å². The van der Waals surface area contributed by atoms with Crippen LogP contribution in [0.1, 0.15) is 5.56 Å². The van der Waals surface area contributed by atoms with Gasteiger partial charge in [-0.05, 0) is 74.9 Å². The molecule has 0 saturated heterocycles. The maximum atomic E-state index is 11.0. The Labute approximate surface area is 182 Å². The zero-order valence-electron chi connectivity index (χ0n) is 16.2. The summed E-state index contributed by atoms with van der Waals surface area (Å²) in [7, 11) is 0. The summed E-state index contributed by atoms with van der Waals surface area (Å²) < 4.78 is 0.924. The molecule has 4 aromatic carbocycles. The summed E-state index contributed by atoms with van der Waals surface area (Å²) in [6.45, 7) is 2.04. The molecule has 0 amide bonds. The maximum absolute atomic E-state index is 11.0. The van der Waals surface area contributed by atoms with Crippen LogP contribution in [-0.4, -0.2) is 10.0 Å². The zero-order chi connectivity index (χ0) is 21.3. The number of benzene rings is 4. The Hall–Kier alpha value is -3.44. The van der Waals surface area contributed by atoms with E-state index in [-0.39, 0.29) is 11.4 Å². The third-order valence-electron chi connectivity index (χ3n) is 5.05. The van der Waals surface area contributed by atoms with Crippen molar-refractivity contribution in [1.29, 1.82) is 0 Å². The predicted octanol–water partition coefficient (Wildman–Crippen LogP) is 7.37. The number of nitro groups is 1. The number of phenolic OH excluding ortho intramolecular Hbond substituents is 1. The van der Waals surface area contributed by atoms with Crippen LogP contribution in [0.4, 0.5) is 5.69 Å². The lowest BCUT2D eigenvalue weighted by atomic mass is 9.90. The second-order valence-electron chi connectivity index (χ2n) is 7.07. The van der Waals surface area contributed by atoms with Gasteiger partial charge >= 0.3 is 0 Å². The molecule has 0 spiro atoms. The highest BCUT2D eigenvalue weighted by Gasteiger charge is 2.17. The molecule has 0 atom stereocenters. The lowest BCUT2D eigenvalue weighted by molar-refractivity contribution is -0.384. The number of nitrogens with zero attached hydrogens (tertiary/aromatic N) is 1. The molecule has 0 saturated carbocycles. The average Bonchev–Trinajstić information content (AvgIpc) is 2.75. The fourth-order valence-corrected chi connectivity index (χ4v) is 4.25. The number of hydrogen-bond acceptors (Lipinski definition) is 3. The topological polar surface area (TPSA) is 63.4 Å². The number of phenols is 1. The van der Waals surface area contributed by atoms with E-state index in [1.807, 2.05) is 31.2 Å². The summed E-state index contributed by atoms with van der Waals surface area (Å²) in [6.07, 6.45) is 0. The summed E-state index contributed by atoms with van der Waals surface area (Å²) in [5.74, 6) is 0.219. The number of halogens is 1. The van der Waals surface area contributed by atoms with Gasteiger partial charge in [-0.1, -0.05) is 54.1 Å². The Morgan fingerprint density at radius 3 is 1.83 bits per heavy atom. The van der Waals surface area contributed by atoms with Crippen LogP contribution >= 0.6 is 15.9 Å². The van der Waals surface area contributed by atoms with Gasteiger partial charge in [0.2, 0.25) is 0 Å². The van der Waals surface area contributed by atoms with E-state index < -0.39 is 4.92 Å². The molecule has 30 heavy (non-hydrogen) atoms. The summed E-state index contributed by atoms with van der Waals surface area (Å²) in [4.78, 5) is 10.6. The minimum atomic E-state index is -0.394. The second-order valence-corrected chi connectivity index (χ2v) is 7.86. The second kappa shape index (κ2) is 8.13. The number of nitro benzene ring substituents is 1. The predicted molar refractivity (Wildman–Crippen MR) is 124 cm³/mol. The first-order valence-electron chi connectivity index (χ1n) is 9.38. The Bertz CT molecular complexity index is 1220. The largest absolute Gasteiger partial charge is 0.508 e. The molecule has 4 nitrogen and oxygen atoms in total. The van der Waals surface area contributed by atoms with Crippen LogP contribution in [0.2, 0.25) is 0 Å². The molecule has 0 heterocycles. The molecule has 0 unspecified atom stereocenters. The molecule has 0 aliphatic rings. The summed E-state index contributed by atoms with van der Waals surface area (Å²) >= 11 is 3.81. The molecule has 0 radical (unpaired) electrons. The van der Waals surface area contributed by atoms with Crippen molar-refractivity contribution >= 4 is 21.6 Å². The van der Waals surface area contributed by atoms with Gasteiger partial charge in [-0.2, -0.15) is 0 Å². The SMILES string of the molecule is Cc1ccc(-c2c(-c3ccc([N+](=O)[O-])cc3)ccc(-c3ccc(O)cc3)c2Br)cc1. The first-order chi connectivity index (χ1) is 14.4. The van der Waals surface area contributed by atoms with Gasteiger partial charge in [-0.15, -0.1) is 0 Å². The van der Waals surface area contributed by atoms with Crippen molar-refractivity contribution < 1.29 is 10.0 Å². The van der Waals surface area contributed by atoms with Crippen molar-refractivity contribution in [2.75, 3.05) is 0 Å². The summed E-state index contributed by atoms with van der Waals surface area (Å²) in [6, 6.07) is 26.0. The Morgan fingerprint density at radius 1 is 0.733 bits per heavy atom. The van der Waals surface area contributed by atoms with E-state index in [4.69, 9.17) is 0 Å². The fraction of sp³-hybridized carbons (Fsp3) is 0.0400. The van der Waals surface area contributed by atoms with Crippen LogP contribution < -0.4 is 0 Å². The molecule has 0 aromatic heterocycles. The van der Waals surface area contributed by atoms with Crippen molar-refractivity contribution in [2.24, 2.45) is 0 Å². The third-order valence-corrected chi connectivity index (χ3v) is 5.87. The van der Waals surface area contributed by atoms with E-state index in [1.165, 1.54) is 17.7 Å². The van der Waals surface area contributed by atoms with E-state index in [2.05, 4.69) is 40.2 Å². The molecule has 0 fully saturated rings. The molecule has 0 aliphatic heterocycles. The molecule has 1 N–H and O–H groups in total. The molecular weight excluding hydrogens is 442 g/mol. The molecule has 148 valence electrons. The maximum Gasteiger partial charge on any atom is 0.269 e. The highest BCUT2D eigenvalue weighted by molar-refractivity contribution is 9.10. The first-order valence-corrected chi connectivity index (χ1v) is 10.2. The fourth-order valence-electron chi connectivity index (χ4n) is 3.45. The lowest BCUT2D eigenvalue weighted by Gasteiger charge is -2.17. The van der Waals surface area contributed by atoms with Gasteiger partial charge in [-0.25, -0.2) is 0 Å². The quantitative estimate of drug-likeness (QED) is 0.255. The molecule has 4 aromatic rings. The van der Waals surface area contributed by atoms with Crippen LogP contribution in [0.3, 0.4) is 0 Å². The van der Waals surface area contributed by atoms with Gasteiger partial charge in [0.1, 0.15) is 5.75 Å². The molecule has 5 heteroatoms. The van der Waals surface area contributed by atoms with E-state index in [0.29, 0.717) is 0 Å². The van der Waals surface area contributed by atoms with E-state index in [9.17, 15) is 15.2 Å². The number of aryl methyl sites for hydroxylation is 1. The van der Waals surface area contributed by atoms with Crippen LogP contribution in [0, 0.1) is 17.0 Å². The van der Waals surface area contributed by atoms with Crippen molar-refractivity contribution in [3.63, 3.8) is 0 Å². The minimum Gasteiger partial charge on any atom is -0.508 e. The van der Waals surface area contributed by atoms with Crippen molar-refractivity contribution in [3.05, 3.63) is 105 Å². The van der Waals surface area contributed by atoms with Gasteiger partial charge in [0.15, 0.2) is 0 Å². The van der Waals surface area contributed by atoms with Crippen LogP contribution in [0.5, 0.6) is 5.75 Å². The molecule has 0 aliphatic carbocycles. The Kier molecular flexibility index (Phi) is 5.38. The van der Waals surface area contributed by atoms with E-state index in [0.717, 1.165) is 37.9 Å². The van der Waals surface area contributed by atoms with Gasteiger partial charge in [0.25, 0.3) is 5.69 Å². The normalized spacial score (nSPS) is 10.7. The van der Waals surface area contributed by atoms with Crippen LogP contribution in [0.25, 0.3) is 33.4 Å². The van der Waals surface area contributed by atoms with Crippen molar-refractivity contribution in [2.45, 2.75) is 6.92 Å². The van der Waals surface area contributed by atoms with Gasteiger partial charge in [0, 0.05) is 22.2 Å². The van der Waals surface area contributed by atoms with E-state index in [1.54, 1.807) is 24.3 Å². The molecular formula is C25H18BrNO3. The summed E-state index contributed by atoms with van der Waals surface area (Å²) in [5, 5.41) is 20.7. The average molecular weight is 460 g/mol. The monoisotopic (exact) mass is 459 g/mol. The Morgan fingerprint density at radius 2 is 1.23 bits per heavy atom. The number of non-ortho nitro benzene ring substituents is 1. The smallest absolute Gasteiger partial charge is 0.269 e. The lowest BCUT2D eigenvalue weighted by Crippen LogP contribution is -1.92. The van der Waals surface area contributed by atoms with Crippen LogP contribution in [0.15, 0.2) is 89.4 Å². The van der Waals surface area contributed by atoms with Gasteiger partial charge in [-0.3, -0.25) is 10.1 Å². The third kappa shape index (κ3) is 3.84. The number of aromatic hydroxyl groups is 1. The highest BCUT2D eigenvalue weighted by Crippen LogP contribution is 2.43. The Balaban J connectivity index is 1.93.